The molecule has 4 N–H and O–H groups in total. The van der Waals surface area contributed by atoms with E-state index in [1.54, 1.807) is 0 Å². The highest BCUT2D eigenvalue weighted by Crippen LogP contribution is 2.32. The molecule has 3 unspecified atom stereocenters. The maximum atomic E-state index is 14.1. The normalized spacial score (nSPS) is 22.3. The number of aliphatic hydroxyl groups excluding tert-OH is 2. The summed E-state index contributed by atoms with van der Waals surface area (Å²) < 4.78 is 16.9. The minimum absolute atomic E-state index is 0.123. The number of ether oxygens (including phenoxy) is 3. The Morgan fingerprint density at radius 3 is 2.40 bits per heavy atom. The lowest BCUT2D eigenvalue weighted by Gasteiger charge is -2.29. The summed E-state index contributed by atoms with van der Waals surface area (Å²) in [6.07, 6.45) is 0.828. The molecule has 0 saturated carbocycles. The average molecular weight is 686 g/mol. The predicted octanol–water partition coefficient (Wildman–Crippen LogP) is 3.24. The fourth-order valence-electron chi connectivity index (χ4n) is 7.30. The second kappa shape index (κ2) is 17.9. The number of amides is 2. The number of carbonyl (C=O) groups excluding carboxylic acids is 2. The molecule has 2 saturated heterocycles. The van der Waals surface area contributed by atoms with Gasteiger partial charge in [0.05, 0.1) is 37.5 Å². The van der Waals surface area contributed by atoms with Gasteiger partial charge in [-0.3, -0.25) is 14.5 Å². The van der Waals surface area contributed by atoms with E-state index >= 15 is 0 Å². The van der Waals surface area contributed by atoms with Gasteiger partial charge < -0.3 is 35.1 Å². The number of aliphatic hydroxyl groups is 2. The van der Waals surface area contributed by atoms with Gasteiger partial charge in [0.2, 0.25) is 11.8 Å². The minimum atomic E-state index is -1.00. The van der Waals surface area contributed by atoms with Gasteiger partial charge in [-0.05, 0) is 66.0 Å². The first-order valence-electron chi connectivity index (χ1n) is 18.1. The molecule has 50 heavy (non-hydrogen) atoms. The molecule has 2 fully saturated rings. The minimum Gasteiger partial charge on any atom is -0.492 e. The Morgan fingerprint density at radius 2 is 1.64 bits per heavy atom. The van der Waals surface area contributed by atoms with Crippen LogP contribution in [0.4, 0.5) is 0 Å². The molecule has 0 spiro atoms. The third-order valence-electron chi connectivity index (χ3n) is 10.2. The van der Waals surface area contributed by atoms with Gasteiger partial charge in [0, 0.05) is 51.6 Å². The predicted molar refractivity (Wildman–Crippen MR) is 190 cm³/mol. The zero-order valence-electron chi connectivity index (χ0n) is 28.8. The van der Waals surface area contributed by atoms with Crippen molar-refractivity contribution < 1.29 is 34.0 Å². The number of morpholine rings is 1. The smallest absolute Gasteiger partial charge is 0.224 e. The molecule has 268 valence electrons. The Labute approximate surface area is 295 Å². The van der Waals surface area contributed by atoms with E-state index in [0.29, 0.717) is 45.5 Å². The largest absolute Gasteiger partial charge is 0.492 e. The van der Waals surface area contributed by atoms with Crippen molar-refractivity contribution in [1.29, 1.82) is 0 Å². The Balaban J connectivity index is 1.16. The second-order valence-corrected chi connectivity index (χ2v) is 13.9. The van der Waals surface area contributed by atoms with Crippen LogP contribution in [0.15, 0.2) is 78.9 Å². The van der Waals surface area contributed by atoms with E-state index in [-0.39, 0.29) is 24.2 Å². The molecule has 2 amide bonds. The van der Waals surface area contributed by atoms with Crippen LogP contribution in [0, 0.1) is 11.8 Å². The summed E-state index contributed by atoms with van der Waals surface area (Å²) in [5, 5.41) is 28.9. The molecule has 6 rings (SSSR count). The first-order chi connectivity index (χ1) is 24.4. The number of nitrogens with one attached hydrogen (secondary N) is 2. The molecule has 0 radical (unpaired) electrons. The van der Waals surface area contributed by atoms with Gasteiger partial charge in [0.25, 0.3) is 0 Å². The highest BCUT2D eigenvalue weighted by molar-refractivity contribution is 5.80. The van der Waals surface area contributed by atoms with Gasteiger partial charge in [-0.25, -0.2) is 0 Å². The van der Waals surface area contributed by atoms with E-state index in [1.807, 2.05) is 78.9 Å². The Kier molecular flexibility index (Phi) is 12.9. The molecule has 3 aromatic carbocycles. The Morgan fingerprint density at radius 1 is 0.900 bits per heavy atom. The number of hydrogen-bond acceptors (Lipinski definition) is 8. The summed E-state index contributed by atoms with van der Waals surface area (Å²) in [5.74, 6) is -0.0847. The third kappa shape index (κ3) is 10.1. The lowest BCUT2D eigenvalue weighted by atomic mass is 9.88. The summed E-state index contributed by atoms with van der Waals surface area (Å²) >= 11 is 0. The van der Waals surface area contributed by atoms with E-state index in [1.165, 1.54) is 0 Å². The van der Waals surface area contributed by atoms with Crippen molar-refractivity contribution in [2.24, 2.45) is 11.8 Å². The van der Waals surface area contributed by atoms with Gasteiger partial charge in [-0.2, -0.15) is 0 Å². The van der Waals surface area contributed by atoms with Crippen molar-refractivity contribution in [3.8, 4) is 5.75 Å². The molecular formula is C40H51N3O7. The van der Waals surface area contributed by atoms with Crippen LogP contribution in [-0.4, -0.2) is 97.8 Å². The van der Waals surface area contributed by atoms with Crippen molar-refractivity contribution in [2.75, 3.05) is 52.7 Å². The van der Waals surface area contributed by atoms with Crippen molar-refractivity contribution in [3.63, 3.8) is 0 Å². The first kappa shape index (κ1) is 36.0. The molecule has 0 aromatic heterocycles. The van der Waals surface area contributed by atoms with Gasteiger partial charge in [-0.15, -0.1) is 0 Å². The summed E-state index contributed by atoms with van der Waals surface area (Å²) in [4.78, 5) is 29.6. The standard InChI is InChI=1S/C40H51N3O7/c44-36(35(23-28-6-2-1-3-7-28)41-38(46)24-30-14-18-49-27-30)26-32(40(47)42-39-34-9-5-4-8-31(34)25-37(39)45)22-29-10-12-33(13-11-29)50-21-17-43-15-19-48-20-16-43/h1-13,30,32,35-37,39,44-45H,14-27H2,(H,41,46)(H,42,47)/t30-,32?,35?,36?,37-,39-/m0/s1. The number of fused-ring (bicyclic) bond motifs is 1. The highest BCUT2D eigenvalue weighted by atomic mass is 16.5. The van der Waals surface area contributed by atoms with E-state index in [0.717, 1.165) is 67.3 Å². The van der Waals surface area contributed by atoms with Gasteiger partial charge in [0.15, 0.2) is 0 Å². The first-order valence-corrected chi connectivity index (χ1v) is 18.1. The Hall–Kier alpha value is -3.80. The molecule has 2 heterocycles. The SMILES string of the molecule is O=C(C[C@@H]1CCOC1)NC(Cc1ccccc1)C(O)CC(Cc1ccc(OCCN2CCOCC2)cc1)C(=O)N[C@H]1c2ccccc2C[C@@H]1O. The van der Waals surface area contributed by atoms with Crippen molar-refractivity contribution in [3.05, 3.63) is 101 Å². The molecule has 1 aliphatic carbocycles. The molecule has 10 nitrogen and oxygen atoms in total. The van der Waals surface area contributed by atoms with Crippen LogP contribution in [0.2, 0.25) is 0 Å². The summed E-state index contributed by atoms with van der Waals surface area (Å²) in [6.45, 7) is 5.95. The van der Waals surface area contributed by atoms with Crippen LogP contribution < -0.4 is 15.4 Å². The number of rotatable bonds is 16. The Bertz CT molecular complexity index is 1510. The summed E-state index contributed by atoms with van der Waals surface area (Å²) in [6, 6.07) is 24.2. The molecular weight excluding hydrogens is 634 g/mol. The van der Waals surface area contributed by atoms with E-state index in [9.17, 15) is 19.8 Å². The lowest BCUT2D eigenvalue weighted by molar-refractivity contribution is -0.127. The van der Waals surface area contributed by atoms with E-state index < -0.39 is 30.2 Å². The maximum absolute atomic E-state index is 14.1. The average Bonchev–Trinajstić information content (AvgIpc) is 3.76. The topological polar surface area (TPSA) is 130 Å². The zero-order valence-corrected chi connectivity index (χ0v) is 28.8. The van der Waals surface area contributed by atoms with Crippen LogP contribution in [0.25, 0.3) is 0 Å². The molecule has 3 aromatic rings. The third-order valence-corrected chi connectivity index (χ3v) is 10.2. The van der Waals surface area contributed by atoms with Crippen LogP contribution in [0.3, 0.4) is 0 Å². The molecule has 0 bridgehead atoms. The van der Waals surface area contributed by atoms with E-state index in [2.05, 4.69) is 15.5 Å². The highest BCUT2D eigenvalue weighted by Gasteiger charge is 2.35. The quantitative estimate of drug-likeness (QED) is 0.181. The molecule has 2 aliphatic heterocycles. The van der Waals surface area contributed by atoms with Crippen LogP contribution in [-0.2, 0) is 38.3 Å². The van der Waals surface area contributed by atoms with Crippen molar-refractivity contribution in [2.45, 2.75) is 62.8 Å². The van der Waals surface area contributed by atoms with Crippen LogP contribution >= 0.6 is 0 Å². The molecule has 3 aliphatic rings. The number of hydrogen-bond donors (Lipinski definition) is 4. The fraction of sp³-hybridized carbons (Fsp3) is 0.500. The van der Waals surface area contributed by atoms with Gasteiger partial charge in [-0.1, -0.05) is 66.7 Å². The van der Waals surface area contributed by atoms with Crippen LogP contribution in [0.5, 0.6) is 5.75 Å². The van der Waals surface area contributed by atoms with Crippen molar-refractivity contribution in [1.82, 2.24) is 15.5 Å². The summed E-state index contributed by atoms with van der Waals surface area (Å²) in [7, 11) is 0. The van der Waals surface area contributed by atoms with E-state index in [4.69, 9.17) is 14.2 Å². The zero-order chi connectivity index (χ0) is 34.7. The summed E-state index contributed by atoms with van der Waals surface area (Å²) in [5.41, 5.74) is 3.84. The maximum Gasteiger partial charge on any atom is 0.224 e. The van der Waals surface area contributed by atoms with Crippen molar-refractivity contribution >= 4 is 11.8 Å². The number of benzene rings is 3. The second-order valence-electron chi connectivity index (χ2n) is 13.9. The molecule has 6 atom stereocenters. The number of carbonyl (C=O) groups is 2. The fourth-order valence-corrected chi connectivity index (χ4v) is 7.30. The molecule has 10 heteroatoms. The van der Waals surface area contributed by atoms with Gasteiger partial charge >= 0.3 is 0 Å². The number of nitrogens with zero attached hydrogens (tertiary/aromatic N) is 1. The monoisotopic (exact) mass is 685 g/mol. The lowest BCUT2D eigenvalue weighted by Crippen LogP contribution is -2.47. The van der Waals surface area contributed by atoms with Gasteiger partial charge in [0.1, 0.15) is 12.4 Å². The van der Waals surface area contributed by atoms with Crippen LogP contribution in [0.1, 0.15) is 47.6 Å².